The lowest BCUT2D eigenvalue weighted by Crippen LogP contribution is -2.06. The number of fused-ring (bicyclic) bond motifs is 1. The van der Waals surface area contributed by atoms with Crippen molar-refractivity contribution in [1.82, 2.24) is 9.38 Å². The van der Waals surface area contributed by atoms with E-state index in [0.717, 1.165) is 11.3 Å². The van der Waals surface area contributed by atoms with Crippen molar-refractivity contribution in [1.29, 1.82) is 0 Å². The second-order valence-electron chi connectivity index (χ2n) is 5.87. The first-order valence-electron chi connectivity index (χ1n) is 8.04. The van der Waals surface area contributed by atoms with Gasteiger partial charge in [-0.2, -0.15) is 0 Å². The van der Waals surface area contributed by atoms with E-state index in [4.69, 9.17) is 9.15 Å². The van der Waals surface area contributed by atoms with Gasteiger partial charge in [0.2, 0.25) is 0 Å². The van der Waals surface area contributed by atoms with E-state index in [-0.39, 0.29) is 11.3 Å². The van der Waals surface area contributed by atoms with Gasteiger partial charge in [0.05, 0.1) is 18.5 Å². The average Bonchev–Trinajstić information content (AvgIpc) is 3.00. The summed E-state index contributed by atoms with van der Waals surface area (Å²) in [4.78, 5) is 17.1. The first kappa shape index (κ1) is 16.0. The van der Waals surface area contributed by atoms with Gasteiger partial charge in [-0.15, -0.1) is 0 Å². The zero-order chi connectivity index (χ0) is 18.3. The minimum absolute atomic E-state index is 0.0834. The van der Waals surface area contributed by atoms with E-state index in [1.165, 1.54) is 6.07 Å². The summed E-state index contributed by atoms with van der Waals surface area (Å²) in [5.41, 5.74) is 1.99. The lowest BCUT2D eigenvalue weighted by Gasteiger charge is -2.07. The minimum Gasteiger partial charge on any atom is -0.507 e. The van der Waals surface area contributed by atoms with Crippen LogP contribution in [0, 0.1) is 6.92 Å². The molecule has 0 aliphatic rings. The van der Waals surface area contributed by atoms with Crippen molar-refractivity contribution < 1.29 is 14.3 Å². The summed E-state index contributed by atoms with van der Waals surface area (Å²) >= 11 is 0. The Labute approximate surface area is 148 Å². The third kappa shape index (κ3) is 2.52. The second-order valence-corrected chi connectivity index (χ2v) is 5.87. The Morgan fingerprint density at radius 2 is 1.92 bits per heavy atom. The van der Waals surface area contributed by atoms with Crippen molar-refractivity contribution >= 4 is 5.65 Å². The van der Waals surface area contributed by atoms with Gasteiger partial charge in [0, 0.05) is 17.8 Å². The van der Waals surface area contributed by atoms with Crippen LogP contribution in [0.25, 0.3) is 28.2 Å². The number of aromatic nitrogens is 2. The van der Waals surface area contributed by atoms with E-state index in [2.05, 4.69) is 4.98 Å². The number of aryl methyl sites for hydroxylation is 1. The predicted octanol–water partition coefficient (Wildman–Crippen LogP) is 3.64. The Morgan fingerprint density at radius 3 is 2.62 bits per heavy atom. The monoisotopic (exact) mass is 348 g/mol. The molecule has 0 unspecified atom stereocenters. The van der Waals surface area contributed by atoms with Crippen LogP contribution in [0.3, 0.4) is 0 Å². The fourth-order valence-electron chi connectivity index (χ4n) is 3.00. The molecule has 0 saturated carbocycles. The molecule has 0 bridgehead atoms. The summed E-state index contributed by atoms with van der Waals surface area (Å²) in [6.45, 7) is 1.61. The molecule has 6 nitrogen and oxygen atoms in total. The highest BCUT2D eigenvalue weighted by atomic mass is 16.5. The molecule has 0 saturated heterocycles. The summed E-state index contributed by atoms with van der Waals surface area (Å²) in [6, 6.07) is 14.3. The molecule has 6 heteroatoms. The molecule has 26 heavy (non-hydrogen) atoms. The van der Waals surface area contributed by atoms with E-state index in [0.29, 0.717) is 22.8 Å². The molecule has 3 aromatic heterocycles. The summed E-state index contributed by atoms with van der Waals surface area (Å²) in [5, 5.41) is 10.4. The van der Waals surface area contributed by atoms with Gasteiger partial charge in [0.15, 0.2) is 0 Å². The number of aromatic hydroxyl groups is 1. The number of ether oxygens (including phenoxy) is 1. The predicted molar refractivity (Wildman–Crippen MR) is 97.6 cm³/mol. The van der Waals surface area contributed by atoms with Crippen molar-refractivity contribution in [3.05, 3.63) is 70.9 Å². The van der Waals surface area contributed by atoms with Crippen molar-refractivity contribution in [3.63, 3.8) is 0 Å². The van der Waals surface area contributed by atoms with E-state index in [1.807, 2.05) is 42.5 Å². The molecule has 0 atom stereocenters. The highest BCUT2D eigenvalue weighted by Crippen LogP contribution is 2.36. The highest BCUT2D eigenvalue weighted by molar-refractivity contribution is 5.84. The molecule has 130 valence electrons. The average molecular weight is 348 g/mol. The third-order valence-corrected chi connectivity index (χ3v) is 4.18. The number of rotatable bonds is 3. The molecule has 0 aliphatic carbocycles. The fourth-order valence-corrected chi connectivity index (χ4v) is 3.00. The zero-order valence-electron chi connectivity index (χ0n) is 14.3. The number of methoxy groups -OCH3 is 1. The van der Waals surface area contributed by atoms with E-state index < -0.39 is 5.63 Å². The second kappa shape index (κ2) is 6.07. The van der Waals surface area contributed by atoms with Crippen LogP contribution in [0.1, 0.15) is 5.76 Å². The molecule has 0 spiro atoms. The standard InChI is InChI=1S/C20H16N2O4/c1-12-11-15(23)17(20(24)26-12)19-18(13-6-8-14(25-2)9-7-13)21-16-5-3-4-10-22(16)19/h3-11,23H,1-2H3. The van der Waals surface area contributed by atoms with Crippen LogP contribution in [-0.2, 0) is 0 Å². The molecule has 4 rings (SSSR count). The first-order valence-corrected chi connectivity index (χ1v) is 8.04. The number of pyridine rings is 1. The van der Waals surface area contributed by atoms with E-state index in [9.17, 15) is 9.90 Å². The SMILES string of the molecule is COc1ccc(-c2nc3ccccn3c2-c2c(O)cc(C)oc2=O)cc1. The van der Waals surface area contributed by atoms with Gasteiger partial charge in [0.1, 0.15) is 28.5 Å². The van der Waals surface area contributed by atoms with Crippen molar-refractivity contribution in [2.75, 3.05) is 7.11 Å². The Bertz CT molecular complexity index is 1160. The van der Waals surface area contributed by atoms with Crippen LogP contribution in [0.2, 0.25) is 0 Å². The smallest absolute Gasteiger partial charge is 0.349 e. The van der Waals surface area contributed by atoms with Gasteiger partial charge < -0.3 is 14.3 Å². The van der Waals surface area contributed by atoms with Crippen LogP contribution >= 0.6 is 0 Å². The lowest BCUT2D eigenvalue weighted by molar-refractivity contribution is 0.415. The molecule has 1 aromatic carbocycles. The Balaban J connectivity index is 2.06. The largest absolute Gasteiger partial charge is 0.507 e. The van der Waals surface area contributed by atoms with Gasteiger partial charge in [-0.05, 0) is 43.3 Å². The minimum atomic E-state index is -0.608. The molecular formula is C20H16N2O4. The molecule has 0 radical (unpaired) electrons. The number of hydrogen-bond acceptors (Lipinski definition) is 5. The summed E-state index contributed by atoms with van der Waals surface area (Å²) in [5.74, 6) is 0.923. The number of hydrogen-bond donors (Lipinski definition) is 1. The molecule has 0 aliphatic heterocycles. The molecule has 1 N–H and O–H groups in total. The van der Waals surface area contributed by atoms with Gasteiger partial charge >= 0.3 is 5.63 Å². The highest BCUT2D eigenvalue weighted by Gasteiger charge is 2.22. The van der Waals surface area contributed by atoms with Crippen LogP contribution in [0.4, 0.5) is 0 Å². The normalized spacial score (nSPS) is 11.0. The number of nitrogens with zero attached hydrogens (tertiary/aromatic N) is 2. The van der Waals surface area contributed by atoms with Gasteiger partial charge in [-0.25, -0.2) is 9.78 Å². The van der Waals surface area contributed by atoms with Gasteiger partial charge in [0.25, 0.3) is 0 Å². The topological polar surface area (TPSA) is 77.0 Å². The van der Waals surface area contributed by atoms with E-state index >= 15 is 0 Å². The van der Waals surface area contributed by atoms with Crippen molar-refractivity contribution in [2.45, 2.75) is 6.92 Å². The third-order valence-electron chi connectivity index (χ3n) is 4.18. The maximum Gasteiger partial charge on any atom is 0.349 e. The Hall–Kier alpha value is -3.54. The van der Waals surface area contributed by atoms with Crippen LogP contribution < -0.4 is 10.4 Å². The quantitative estimate of drug-likeness (QED) is 0.612. The summed E-state index contributed by atoms with van der Waals surface area (Å²) < 4.78 is 12.2. The zero-order valence-corrected chi connectivity index (χ0v) is 14.3. The fraction of sp³-hybridized carbons (Fsp3) is 0.100. The maximum absolute atomic E-state index is 12.5. The van der Waals surface area contributed by atoms with Crippen molar-refractivity contribution in [3.8, 4) is 34.0 Å². The Kier molecular flexibility index (Phi) is 3.73. The van der Waals surface area contributed by atoms with Crippen molar-refractivity contribution in [2.24, 2.45) is 0 Å². The Morgan fingerprint density at radius 1 is 1.15 bits per heavy atom. The van der Waals surface area contributed by atoms with Gasteiger partial charge in [-0.3, -0.25) is 4.40 Å². The van der Waals surface area contributed by atoms with E-state index in [1.54, 1.807) is 24.6 Å². The van der Waals surface area contributed by atoms with Crippen LogP contribution in [-0.4, -0.2) is 21.6 Å². The summed E-state index contributed by atoms with van der Waals surface area (Å²) in [6.07, 6.45) is 1.80. The van der Waals surface area contributed by atoms with Crippen LogP contribution in [0.15, 0.2) is 63.9 Å². The number of imidazole rings is 1. The van der Waals surface area contributed by atoms with Gasteiger partial charge in [-0.1, -0.05) is 6.07 Å². The lowest BCUT2D eigenvalue weighted by atomic mass is 10.1. The first-order chi connectivity index (χ1) is 12.6. The molecular weight excluding hydrogens is 332 g/mol. The number of benzene rings is 1. The van der Waals surface area contributed by atoms with Crippen LogP contribution in [0.5, 0.6) is 11.5 Å². The maximum atomic E-state index is 12.5. The molecule has 0 amide bonds. The molecule has 0 fully saturated rings. The molecule has 4 aromatic rings. The molecule has 3 heterocycles. The summed E-state index contributed by atoms with van der Waals surface area (Å²) in [7, 11) is 1.60.